The molecule has 0 saturated carbocycles. The average Bonchev–Trinajstić information content (AvgIpc) is 2.73. The van der Waals surface area contributed by atoms with Gasteiger partial charge in [-0.15, -0.1) is 0 Å². The molecule has 0 aliphatic rings. The van der Waals surface area contributed by atoms with Crippen LogP contribution >= 0.6 is 0 Å². The third kappa shape index (κ3) is 29.6. The Bertz CT molecular complexity index is 448. The topological polar surface area (TPSA) is 139 Å². The summed E-state index contributed by atoms with van der Waals surface area (Å²) in [7, 11) is -3.78. The fourth-order valence-electron chi connectivity index (χ4n) is 3.20. The van der Waals surface area contributed by atoms with Crippen molar-refractivity contribution in [2.24, 2.45) is 0 Å². The summed E-state index contributed by atoms with van der Waals surface area (Å²) < 4.78 is 29.8. The van der Waals surface area contributed by atoms with Gasteiger partial charge in [0.15, 0.2) is 0 Å². The fourth-order valence-corrected chi connectivity index (χ4v) is 3.77. The van der Waals surface area contributed by atoms with Crippen LogP contribution in [0, 0.1) is 0 Å². The van der Waals surface area contributed by atoms with E-state index in [-0.39, 0.29) is 5.75 Å². The second-order valence-electron chi connectivity index (χ2n) is 7.53. The zero-order valence-electron chi connectivity index (χ0n) is 18.4. The summed E-state index contributed by atoms with van der Waals surface area (Å²) in [5.74, 6) is -0.110. The summed E-state index contributed by atoms with van der Waals surface area (Å²) in [5, 5.41) is 29.6. The minimum absolute atomic E-state index is 0.110. The van der Waals surface area contributed by atoms with Crippen LogP contribution < -0.4 is 0 Å². The Kier molecular flexibility index (Phi) is 23.9. The molecule has 12 heteroatoms. The lowest BCUT2D eigenvalue weighted by Crippen LogP contribution is -2.03. The standard InChI is InChI=1S/C19H40O11S/c20-25-27-29-30-28-26-24-18-16-14-12-10-8-6-4-2-1-3-5-7-9-11-13-15-17-19-31(21,22)23/h20H,1-19H2,(H,21,22,23). The van der Waals surface area contributed by atoms with Crippen molar-refractivity contribution in [3.8, 4) is 0 Å². The summed E-state index contributed by atoms with van der Waals surface area (Å²) >= 11 is 0. The lowest BCUT2D eigenvalue weighted by molar-refractivity contribution is -0.812. The number of hydrogen-bond donors (Lipinski definition) is 2. The molecule has 0 rings (SSSR count). The molecule has 0 radical (unpaired) electrons. The van der Waals surface area contributed by atoms with Crippen molar-refractivity contribution in [1.29, 1.82) is 0 Å². The lowest BCUT2D eigenvalue weighted by Gasteiger charge is -2.04. The van der Waals surface area contributed by atoms with Gasteiger partial charge in [-0.05, 0) is 43.1 Å². The van der Waals surface area contributed by atoms with Crippen LogP contribution in [0.3, 0.4) is 0 Å². The molecule has 0 aliphatic heterocycles. The largest absolute Gasteiger partial charge is 0.286 e. The Balaban J connectivity index is 3.04. The van der Waals surface area contributed by atoms with Crippen LogP contribution in [0.15, 0.2) is 0 Å². The van der Waals surface area contributed by atoms with Gasteiger partial charge in [0.2, 0.25) is 0 Å². The van der Waals surface area contributed by atoms with Crippen molar-refractivity contribution >= 4 is 10.1 Å². The number of hydrogen-bond acceptors (Lipinski definition) is 10. The summed E-state index contributed by atoms with van der Waals surface area (Å²) in [6.45, 7) is 0.356. The molecular weight excluding hydrogens is 436 g/mol. The molecular formula is C19H40O11S. The molecule has 11 nitrogen and oxygen atoms in total. The van der Waals surface area contributed by atoms with Crippen molar-refractivity contribution in [2.45, 2.75) is 109 Å². The van der Waals surface area contributed by atoms with E-state index in [9.17, 15) is 8.42 Å². The van der Waals surface area contributed by atoms with Gasteiger partial charge in [-0.25, -0.2) is 10.1 Å². The molecule has 31 heavy (non-hydrogen) atoms. The third-order valence-electron chi connectivity index (χ3n) is 4.82. The first-order chi connectivity index (χ1) is 15.1. The molecule has 0 fully saturated rings. The van der Waals surface area contributed by atoms with Crippen LogP contribution in [0.1, 0.15) is 109 Å². The molecule has 0 spiro atoms. The monoisotopic (exact) mass is 476 g/mol. The molecule has 0 aromatic heterocycles. The molecule has 0 saturated heterocycles. The normalized spacial score (nSPS) is 11.9. The maximum Gasteiger partial charge on any atom is 0.264 e. The molecule has 0 unspecified atom stereocenters. The highest BCUT2D eigenvalue weighted by Gasteiger charge is 2.03. The predicted octanol–water partition coefficient (Wildman–Crippen LogP) is 5.59. The summed E-state index contributed by atoms with van der Waals surface area (Å²) in [4.78, 5) is 4.64. The number of rotatable bonds is 26. The average molecular weight is 477 g/mol. The Morgan fingerprint density at radius 1 is 0.484 bits per heavy atom. The van der Waals surface area contributed by atoms with E-state index < -0.39 is 10.1 Å². The molecule has 2 N–H and O–H groups in total. The van der Waals surface area contributed by atoms with Crippen molar-refractivity contribution in [3.05, 3.63) is 0 Å². The third-order valence-corrected chi connectivity index (χ3v) is 5.62. The van der Waals surface area contributed by atoms with Crippen LogP contribution in [-0.4, -0.2) is 30.6 Å². The zero-order valence-corrected chi connectivity index (χ0v) is 19.2. The molecule has 0 aromatic rings. The van der Waals surface area contributed by atoms with Crippen molar-refractivity contribution < 1.29 is 53.3 Å². The minimum atomic E-state index is -3.78. The minimum Gasteiger partial charge on any atom is -0.286 e. The highest BCUT2D eigenvalue weighted by Crippen LogP contribution is 2.14. The Morgan fingerprint density at radius 2 is 0.839 bits per heavy atom. The first-order valence-electron chi connectivity index (χ1n) is 11.3. The van der Waals surface area contributed by atoms with Gasteiger partial charge in [0, 0.05) is 0 Å². The molecule has 0 heterocycles. The van der Waals surface area contributed by atoms with Gasteiger partial charge in [-0.3, -0.25) is 4.55 Å². The second-order valence-corrected chi connectivity index (χ2v) is 9.11. The van der Waals surface area contributed by atoms with E-state index in [2.05, 4.69) is 35.1 Å². The Morgan fingerprint density at radius 3 is 1.26 bits per heavy atom. The van der Waals surface area contributed by atoms with Crippen LogP contribution in [0.2, 0.25) is 0 Å². The van der Waals surface area contributed by atoms with Crippen molar-refractivity contribution in [2.75, 3.05) is 12.4 Å². The maximum absolute atomic E-state index is 10.6. The van der Waals surface area contributed by atoms with Gasteiger partial charge in [-0.1, -0.05) is 96.3 Å². The predicted molar refractivity (Wildman–Crippen MR) is 110 cm³/mol. The van der Waals surface area contributed by atoms with Crippen LogP contribution in [0.5, 0.6) is 0 Å². The lowest BCUT2D eigenvalue weighted by atomic mass is 10.0. The van der Waals surface area contributed by atoms with E-state index in [1.165, 1.54) is 64.2 Å². The van der Waals surface area contributed by atoms with Crippen molar-refractivity contribution in [1.82, 2.24) is 0 Å². The van der Waals surface area contributed by atoms with E-state index in [0.717, 1.165) is 38.5 Å². The molecule has 0 aromatic carbocycles. The second kappa shape index (κ2) is 24.2. The molecule has 188 valence electrons. The quantitative estimate of drug-likeness (QED) is 0.0699. The molecule has 0 bridgehead atoms. The van der Waals surface area contributed by atoms with Gasteiger partial charge in [0.25, 0.3) is 10.1 Å². The van der Waals surface area contributed by atoms with Crippen LogP contribution in [0.4, 0.5) is 0 Å². The highest BCUT2D eigenvalue weighted by molar-refractivity contribution is 7.85. The summed E-state index contributed by atoms with van der Waals surface area (Å²) in [6.07, 6.45) is 19.4. The first-order valence-corrected chi connectivity index (χ1v) is 12.9. The maximum atomic E-state index is 10.6. The first kappa shape index (κ1) is 30.6. The molecule has 0 aliphatic carbocycles. The van der Waals surface area contributed by atoms with E-state index in [1.807, 2.05) is 0 Å². The van der Waals surface area contributed by atoms with Gasteiger partial charge < -0.3 is 0 Å². The molecule has 0 atom stereocenters. The van der Waals surface area contributed by atoms with Gasteiger partial charge in [-0.2, -0.15) is 8.42 Å². The van der Waals surface area contributed by atoms with E-state index >= 15 is 0 Å². The van der Waals surface area contributed by atoms with Gasteiger partial charge >= 0.3 is 0 Å². The Hall–Kier alpha value is -0.410. The van der Waals surface area contributed by atoms with E-state index in [4.69, 9.17) is 9.81 Å². The highest BCUT2D eigenvalue weighted by atomic mass is 32.2. The number of unbranched alkanes of at least 4 members (excludes halogenated alkanes) is 16. The SMILES string of the molecule is O=S(=O)(O)CCCCCCCCCCCCCCCCCCCOOOOOOOO. The van der Waals surface area contributed by atoms with Crippen LogP contribution in [-0.2, 0) is 45.2 Å². The smallest absolute Gasteiger partial charge is 0.264 e. The Labute approximate surface area is 185 Å². The fraction of sp³-hybridized carbons (Fsp3) is 1.00. The van der Waals surface area contributed by atoms with Crippen molar-refractivity contribution in [3.63, 3.8) is 0 Å². The van der Waals surface area contributed by atoms with E-state index in [0.29, 0.717) is 13.0 Å². The summed E-state index contributed by atoms with van der Waals surface area (Å²) in [5.41, 5.74) is 0. The van der Waals surface area contributed by atoms with E-state index in [1.54, 1.807) is 0 Å². The van der Waals surface area contributed by atoms with Gasteiger partial charge in [0.1, 0.15) is 0 Å². The zero-order chi connectivity index (χ0) is 22.9. The van der Waals surface area contributed by atoms with Crippen LogP contribution in [0.25, 0.3) is 0 Å². The van der Waals surface area contributed by atoms with Gasteiger partial charge in [0.05, 0.1) is 12.4 Å². The molecule has 0 amide bonds. The summed E-state index contributed by atoms with van der Waals surface area (Å²) in [6, 6.07) is 0.